The van der Waals surface area contributed by atoms with Gasteiger partial charge in [-0.25, -0.2) is 4.68 Å². The number of anilines is 1. The second-order valence-electron chi connectivity index (χ2n) is 6.74. The molecule has 1 aliphatic rings. The van der Waals surface area contributed by atoms with Crippen molar-refractivity contribution in [3.05, 3.63) is 53.3 Å². The summed E-state index contributed by atoms with van der Waals surface area (Å²) in [5, 5.41) is 17.1. The van der Waals surface area contributed by atoms with Crippen LogP contribution in [0.5, 0.6) is 0 Å². The lowest BCUT2D eigenvalue weighted by Gasteiger charge is -2.33. The van der Waals surface area contributed by atoms with Crippen LogP contribution in [0.3, 0.4) is 0 Å². The molecule has 0 N–H and O–H groups in total. The van der Waals surface area contributed by atoms with Gasteiger partial charge in [-0.3, -0.25) is 4.68 Å². The van der Waals surface area contributed by atoms with Crippen molar-refractivity contribution in [3.8, 4) is 0 Å². The summed E-state index contributed by atoms with van der Waals surface area (Å²) in [6.07, 6.45) is 2.25. The minimum atomic E-state index is 0.365. The molecule has 1 unspecified atom stereocenters. The average molecular weight is 337 g/mol. The Morgan fingerprint density at radius 3 is 2.76 bits per heavy atom. The molecule has 7 nitrogen and oxygen atoms in total. The molecule has 1 atom stereocenters. The molecule has 4 rings (SSSR count). The molecule has 0 spiro atoms. The second-order valence-corrected chi connectivity index (χ2v) is 6.74. The van der Waals surface area contributed by atoms with E-state index in [0.717, 1.165) is 37.6 Å². The van der Waals surface area contributed by atoms with E-state index in [1.165, 1.54) is 11.3 Å². The molecular weight excluding hydrogens is 314 g/mol. The minimum absolute atomic E-state index is 0.365. The smallest absolute Gasteiger partial charge is 0.245 e. The van der Waals surface area contributed by atoms with Gasteiger partial charge in [-0.2, -0.15) is 5.10 Å². The van der Waals surface area contributed by atoms with Crippen LogP contribution in [-0.4, -0.2) is 43.1 Å². The summed E-state index contributed by atoms with van der Waals surface area (Å²) in [5.74, 6) is 0.843. The monoisotopic (exact) mass is 337 g/mol. The Hall–Kier alpha value is -2.70. The molecule has 1 fully saturated rings. The Bertz CT molecular complexity index is 836. The fourth-order valence-electron chi connectivity index (χ4n) is 3.64. The average Bonchev–Trinajstić information content (AvgIpc) is 3.22. The van der Waals surface area contributed by atoms with Crippen molar-refractivity contribution >= 4 is 5.95 Å². The molecule has 3 heterocycles. The summed E-state index contributed by atoms with van der Waals surface area (Å²) in [6.45, 7) is 6.72. The zero-order valence-corrected chi connectivity index (χ0v) is 14.7. The van der Waals surface area contributed by atoms with Crippen LogP contribution < -0.4 is 4.90 Å². The number of rotatable bonds is 4. The van der Waals surface area contributed by atoms with Crippen molar-refractivity contribution in [3.63, 3.8) is 0 Å². The van der Waals surface area contributed by atoms with Gasteiger partial charge in [-0.1, -0.05) is 35.4 Å². The summed E-state index contributed by atoms with van der Waals surface area (Å²) >= 11 is 0. The van der Waals surface area contributed by atoms with E-state index in [-0.39, 0.29) is 0 Å². The maximum absolute atomic E-state index is 4.67. The van der Waals surface area contributed by atoms with Gasteiger partial charge in [0.1, 0.15) is 0 Å². The van der Waals surface area contributed by atoms with Crippen molar-refractivity contribution in [2.75, 3.05) is 18.0 Å². The first-order chi connectivity index (χ1) is 12.2. The third kappa shape index (κ3) is 3.26. The quantitative estimate of drug-likeness (QED) is 0.731. The molecule has 0 bridgehead atoms. The van der Waals surface area contributed by atoms with Gasteiger partial charge in [0, 0.05) is 18.8 Å². The molecule has 7 heteroatoms. The van der Waals surface area contributed by atoms with E-state index in [4.69, 9.17) is 0 Å². The number of hydrogen-bond donors (Lipinski definition) is 0. The highest BCUT2D eigenvalue weighted by atomic mass is 15.6. The lowest BCUT2D eigenvalue weighted by Crippen LogP contribution is -2.39. The summed E-state index contributed by atoms with van der Waals surface area (Å²) in [5.41, 5.74) is 3.49. The van der Waals surface area contributed by atoms with Gasteiger partial charge in [0.15, 0.2) is 0 Å². The number of tetrazole rings is 1. The zero-order valence-electron chi connectivity index (χ0n) is 14.7. The maximum Gasteiger partial charge on any atom is 0.245 e. The largest absolute Gasteiger partial charge is 0.338 e. The number of aryl methyl sites for hydroxylation is 2. The highest BCUT2D eigenvalue weighted by Crippen LogP contribution is 2.26. The van der Waals surface area contributed by atoms with Crippen molar-refractivity contribution in [1.29, 1.82) is 0 Å². The van der Waals surface area contributed by atoms with Crippen molar-refractivity contribution < 1.29 is 0 Å². The fourth-order valence-corrected chi connectivity index (χ4v) is 3.64. The van der Waals surface area contributed by atoms with Crippen LogP contribution in [-0.2, 0) is 6.54 Å². The summed E-state index contributed by atoms with van der Waals surface area (Å²) in [7, 11) is 0. The third-order valence-electron chi connectivity index (χ3n) is 4.76. The number of piperidine rings is 1. The number of benzene rings is 1. The lowest BCUT2D eigenvalue weighted by atomic mass is 10.1. The Morgan fingerprint density at radius 2 is 2.00 bits per heavy atom. The molecular formula is C18H23N7. The zero-order chi connectivity index (χ0) is 17.2. The van der Waals surface area contributed by atoms with Gasteiger partial charge in [-0.15, -0.1) is 0 Å². The lowest BCUT2D eigenvalue weighted by molar-refractivity contribution is 0.364. The second kappa shape index (κ2) is 6.66. The standard InChI is InChI=1S/C18H23N7/c1-14-11-15(2)25(20-14)17-9-6-10-23(13-17)18-19-21-22-24(18)12-16-7-4-3-5-8-16/h3-5,7-8,11,17H,6,9-10,12-13H2,1-2H3. The first-order valence-corrected chi connectivity index (χ1v) is 8.78. The van der Waals surface area contributed by atoms with Gasteiger partial charge < -0.3 is 4.90 Å². The number of aromatic nitrogens is 6. The topological polar surface area (TPSA) is 64.7 Å². The molecule has 1 aromatic carbocycles. The van der Waals surface area contributed by atoms with Gasteiger partial charge in [0.05, 0.1) is 18.3 Å². The maximum atomic E-state index is 4.67. The molecule has 130 valence electrons. The predicted molar refractivity (Wildman–Crippen MR) is 95.5 cm³/mol. The fraction of sp³-hybridized carbons (Fsp3) is 0.444. The predicted octanol–water partition coefficient (Wildman–Crippen LogP) is 2.38. The van der Waals surface area contributed by atoms with Crippen LogP contribution in [0.1, 0.15) is 35.8 Å². The number of hydrogen-bond acceptors (Lipinski definition) is 5. The van der Waals surface area contributed by atoms with Crippen LogP contribution >= 0.6 is 0 Å². The van der Waals surface area contributed by atoms with E-state index in [2.05, 4.69) is 55.3 Å². The molecule has 0 amide bonds. The van der Waals surface area contributed by atoms with Crippen LogP contribution in [0.2, 0.25) is 0 Å². The van der Waals surface area contributed by atoms with Gasteiger partial charge in [-0.05, 0) is 48.7 Å². The highest BCUT2D eigenvalue weighted by Gasteiger charge is 2.26. The first kappa shape index (κ1) is 15.8. The normalized spacial score (nSPS) is 17.8. The van der Waals surface area contributed by atoms with Crippen LogP contribution in [0.4, 0.5) is 5.95 Å². The SMILES string of the molecule is Cc1cc(C)n(C2CCCN(c3nnnn3Cc3ccccc3)C2)n1. The minimum Gasteiger partial charge on any atom is -0.338 e. The van der Waals surface area contributed by atoms with E-state index in [1.54, 1.807) is 0 Å². The Morgan fingerprint density at radius 1 is 1.16 bits per heavy atom. The first-order valence-electron chi connectivity index (χ1n) is 8.78. The van der Waals surface area contributed by atoms with Crippen LogP contribution in [0.25, 0.3) is 0 Å². The van der Waals surface area contributed by atoms with E-state index in [1.807, 2.05) is 29.8 Å². The van der Waals surface area contributed by atoms with Crippen LogP contribution in [0.15, 0.2) is 36.4 Å². The molecule has 25 heavy (non-hydrogen) atoms. The molecule has 1 saturated heterocycles. The summed E-state index contributed by atoms with van der Waals surface area (Å²) < 4.78 is 4.05. The number of nitrogens with zero attached hydrogens (tertiary/aromatic N) is 7. The Balaban J connectivity index is 1.54. The van der Waals surface area contributed by atoms with Gasteiger partial charge in [0.2, 0.25) is 5.95 Å². The van der Waals surface area contributed by atoms with Crippen molar-refractivity contribution in [1.82, 2.24) is 30.0 Å². The molecule has 2 aromatic heterocycles. The van der Waals surface area contributed by atoms with E-state index >= 15 is 0 Å². The summed E-state index contributed by atoms with van der Waals surface area (Å²) in [6, 6.07) is 12.8. The molecule has 0 aliphatic carbocycles. The molecule has 1 aliphatic heterocycles. The van der Waals surface area contributed by atoms with E-state index < -0.39 is 0 Å². The highest BCUT2D eigenvalue weighted by molar-refractivity contribution is 5.30. The van der Waals surface area contributed by atoms with Crippen molar-refractivity contribution in [2.45, 2.75) is 39.3 Å². The summed E-state index contributed by atoms with van der Waals surface area (Å²) in [4.78, 5) is 2.29. The van der Waals surface area contributed by atoms with E-state index in [9.17, 15) is 0 Å². The molecule has 0 radical (unpaired) electrons. The Labute approximate surface area is 147 Å². The Kier molecular flexibility index (Phi) is 4.21. The van der Waals surface area contributed by atoms with Gasteiger partial charge in [0.25, 0.3) is 0 Å². The van der Waals surface area contributed by atoms with Crippen LogP contribution in [0, 0.1) is 13.8 Å². The van der Waals surface area contributed by atoms with Gasteiger partial charge >= 0.3 is 0 Å². The molecule has 3 aromatic rings. The molecule has 0 saturated carbocycles. The third-order valence-corrected chi connectivity index (χ3v) is 4.76. The van der Waals surface area contributed by atoms with Crippen molar-refractivity contribution in [2.24, 2.45) is 0 Å². The van der Waals surface area contributed by atoms with E-state index in [0.29, 0.717) is 12.6 Å².